The summed E-state index contributed by atoms with van der Waals surface area (Å²) in [6.07, 6.45) is 1.65. The molecule has 2 N–H and O–H groups in total. The number of nitrogens with one attached hydrogen (secondary N) is 1. The third-order valence-electron chi connectivity index (χ3n) is 3.75. The molecule has 2 rings (SSSR count). The molecule has 118 valence electrons. The van der Waals surface area contributed by atoms with Gasteiger partial charge in [-0.15, -0.1) is 0 Å². The van der Waals surface area contributed by atoms with E-state index in [-0.39, 0.29) is 25.2 Å². The summed E-state index contributed by atoms with van der Waals surface area (Å²) in [7, 11) is -3.93. The SMILES string of the molecule is CCC1OCCC1CNS(=O)(=O)c1cc(CO)ccc1F. The van der Waals surface area contributed by atoms with Gasteiger partial charge in [0.2, 0.25) is 10.0 Å². The van der Waals surface area contributed by atoms with E-state index in [1.54, 1.807) is 0 Å². The van der Waals surface area contributed by atoms with Gasteiger partial charge < -0.3 is 9.84 Å². The predicted octanol–water partition coefficient (Wildman–Crippen LogP) is 1.41. The highest BCUT2D eigenvalue weighted by Gasteiger charge is 2.29. The standard InChI is InChI=1S/C14H20FNO4S/c1-2-13-11(5-6-20-13)8-16-21(18,19)14-7-10(9-17)3-4-12(14)15/h3-4,7,11,13,16-17H,2,5-6,8-9H2,1H3. The Morgan fingerprint density at radius 1 is 1.48 bits per heavy atom. The first kappa shape index (κ1) is 16.4. The van der Waals surface area contributed by atoms with E-state index >= 15 is 0 Å². The lowest BCUT2D eigenvalue weighted by Crippen LogP contribution is -2.33. The molecule has 0 spiro atoms. The minimum Gasteiger partial charge on any atom is -0.392 e. The molecule has 1 fully saturated rings. The lowest BCUT2D eigenvalue weighted by Gasteiger charge is -2.17. The first-order valence-corrected chi connectivity index (χ1v) is 8.46. The maximum atomic E-state index is 13.7. The van der Waals surface area contributed by atoms with Crippen LogP contribution < -0.4 is 4.72 Å². The van der Waals surface area contributed by atoms with Gasteiger partial charge in [-0.3, -0.25) is 0 Å². The smallest absolute Gasteiger partial charge is 0.243 e. The van der Waals surface area contributed by atoms with Crippen molar-refractivity contribution in [3.05, 3.63) is 29.6 Å². The van der Waals surface area contributed by atoms with Crippen LogP contribution in [0.3, 0.4) is 0 Å². The fourth-order valence-electron chi connectivity index (χ4n) is 2.52. The summed E-state index contributed by atoms with van der Waals surface area (Å²) < 4.78 is 46.1. The van der Waals surface area contributed by atoms with Gasteiger partial charge in [0.15, 0.2) is 0 Å². The zero-order chi connectivity index (χ0) is 15.5. The molecule has 0 saturated carbocycles. The lowest BCUT2D eigenvalue weighted by atomic mass is 10.0. The summed E-state index contributed by atoms with van der Waals surface area (Å²) in [4.78, 5) is -0.430. The van der Waals surface area contributed by atoms with Gasteiger partial charge in [0, 0.05) is 19.1 Å². The van der Waals surface area contributed by atoms with Crippen LogP contribution in [-0.2, 0) is 21.4 Å². The van der Waals surface area contributed by atoms with Crippen molar-refractivity contribution in [2.75, 3.05) is 13.2 Å². The van der Waals surface area contributed by atoms with E-state index in [0.717, 1.165) is 25.0 Å². The topological polar surface area (TPSA) is 75.6 Å². The second-order valence-corrected chi connectivity index (χ2v) is 6.88. The van der Waals surface area contributed by atoms with Crippen molar-refractivity contribution in [3.8, 4) is 0 Å². The third kappa shape index (κ3) is 3.79. The Morgan fingerprint density at radius 2 is 2.24 bits per heavy atom. The van der Waals surface area contributed by atoms with Crippen molar-refractivity contribution in [1.29, 1.82) is 0 Å². The van der Waals surface area contributed by atoms with Gasteiger partial charge in [-0.25, -0.2) is 17.5 Å². The summed E-state index contributed by atoms with van der Waals surface area (Å²) in [5, 5.41) is 9.03. The average Bonchev–Trinajstić information content (AvgIpc) is 2.93. The van der Waals surface area contributed by atoms with Crippen LogP contribution in [0.5, 0.6) is 0 Å². The van der Waals surface area contributed by atoms with Gasteiger partial charge in [0.1, 0.15) is 10.7 Å². The highest BCUT2D eigenvalue weighted by atomic mass is 32.2. The lowest BCUT2D eigenvalue weighted by molar-refractivity contribution is 0.0884. The summed E-state index contributed by atoms with van der Waals surface area (Å²) in [5.41, 5.74) is 0.354. The number of rotatable bonds is 6. The van der Waals surface area contributed by atoms with E-state index in [4.69, 9.17) is 9.84 Å². The molecule has 21 heavy (non-hydrogen) atoms. The number of hydrogen-bond acceptors (Lipinski definition) is 4. The molecule has 2 atom stereocenters. The van der Waals surface area contributed by atoms with Crippen molar-refractivity contribution in [1.82, 2.24) is 4.72 Å². The van der Waals surface area contributed by atoms with E-state index in [0.29, 0.717) is 12.2 Å². The molecule has 2 unspecified atom stereocenters. The number of hydrogen-bond donors (Lipinski definition) is 2. The molecular formula is C14H20FNO4S. The van der Waals surface area contributed by atoms with Crippen molar-refractivity contribution in [2.24, 2.45) is 5.92 Å². The normalized spacial score (nSPS) is 22.6. The molecule has 1 aliphatic rings. The summed E-state index contributed by atoms with van der Waals surface area (Å²) in [6, 6.07) is 3.56. The van der Waals surface area contributed by atoms with Crippen LogP contribution in [-0.4, -0.2) is 32.8 Å². The van der Waals surface area contributed by atoms with Crippen molar-refractivity contribution < 1.29 is 22.7 Å². The molecule has 1 saturated heterocycles. The molecule has 1 aromatic rings. The van der Waals surface area contributed by atoms with Crippen LogP contribution in [0.1, 0.15) is 25.3 Å². The average molecular weight is 317 g/mol. The minimum atomic E-state index is -3.93. The molecule has 0 radical (unpaired) electrons. The highest BCUT2D eigenvalue weighted by Crippen LogP contribution is 2.23. The Bertz CT molecular complexity index is 591. The number of benzene rings is 1. The molecular weight excluding hydrogens is 297 g/mol. The molecule has 0 aliphatic carbocycles. The second kappa shape index (κ2) is 6.83. The Morgan fingerprint density at radius 3 is 2.90 bits per heavy atom. The molecule has 7 heteroatoms. The van der Waals surface area contributed by atoms with Gasteiger partial charge >= 0.3 is 0 Å². The van der Waals surface area contributed by atoms with Crippen LogP contribution in [0.4, 0.5) is 4.39 Å². The molecule has 0 bridgehead atoms. The van der Waals surface area contributed by atoms with Gasteiger partial charge in [0.25, 0.3) is 0 Å². The molecule has 1 aliphatic heterocycles. The van der Waals surface area contributed by atoms with Gasteiger partial charge in [-0.05, 0) is 30.5 Å². The van der Waals surface area contributed by atoms with Crippen LogP contribution in [0, 0.1) is 11.7 Å². The first-order valence-electron chi connectivity index (χ1n) is 6.98. The summed E-state index contributed by atoms with van der Waals surface area (Å²) in [6.45, 7) is 2.50. The Hall–Kier alpha value is -1.02. The predicted molar refractivity (Wildman–Crippen MR) is 75.6 cm³/mol. The van der Waals surface area contributed by atoms with E-state index in [9.17, 15) is 12.8 Å². The van der Waals surface area contributed by atoms with E-state index in [1.165, 1.54) is 6.07 Å². The second-order valence-electron chi connectivity index (χ2n) is 5.14. The van der Waals surface area contributed by atoms with Crippen molar-refractivity contribution >= 4 is 10.0 Å². The van der Waals surface area contributed by atoms with E-state index < -0.39 is 20.7 Å². The minimum absolute atomic E-state index is 0.0429. The quantitative estimate of drug-likeness (QED) is 0.832. The fraction of sp³-hybridized carbons (Fsp3) is 0.571. The highest BCUT2D eigenvalue weighted by molar-refractivity contribution is 7.89. The number of aliphatic hydroxyl groups is 1. The Balaban J connectivity index is 2.11. The third-order valence-corrected chi connectivity index (χ3v) is 5.19. The number of sulfonamides is 1. The maximum Gasteiger partial charge on any atom is 0.243 e. The van der Waals surface area contributed by atoms with Crippen molar-refractivity contribution in [2.45, 2.75) is 37.4 Å². The van der Waals surface area contributed by atoms with Gasteiger partial charge in [0.05, 0.1) is 12.7 Å². The summed E-state index contributed by atoms with van der Waals surface area (Å²) in [5.74, 6) is -0.719. The Labute approximate surface area is 124 Å². The van der Waals surface area contributed by atoms with Crippen LogP contribution in [0.15, 0.2) is 23.1 Å². The van der Waals surface area contributed by atoms with Gasteiger partial charge in [-0.2, -0.15) is 0 Å². The molecule has 1 heterocycles. The molecule has 5 nitrogen and oxygen atoms in total. The number of aliphatic hydroxyl groups excluding tert-OH is 1. The monoisotopic (exact) mass is 317 g/mol. The van der Waals surface area contributed by atoms with Crippen LogP contribution >= 0.6 is 0 Å². The molecule has 0 aromatic heterocycles. The zero-order valence-electron chi connectivity index (χ0n) is 11.9. The Kier molecular flexibility index (Phi) is 5.32. The fourth-order valence-corrected chi connectivity index (χ4v) is 3.74. The molecule has 1 aromatic carbocycles. The summed E-state index contributed by atoms with van der Waals surface area (Å²) >= 11 is 0. The first-order chi connectivity index (χ1) is 9.97. The zero-order valence-corrected chi connectivity index (χ0v) is 12.7. The van der Waals surface area contributed by atoms with E-state index in [2.05, 4.69) is 4.72 Å². The number of halogens is 1. The van der Waals surface area contributed by atoms with Crippen LogP contribution in [0.25, 0.3) is 0 Å². The van der Waals surface area contributed by atoms with Gasteiger partial charge in [-0.1, -0.05) is 13.0 Å². The molecule has 0 amide bonds. The number of ether oxygens (including phenoxy) is 1. The largest absolute Gasteiger partial charge is 0.392 e. The van der Waals surface area contributed by atoms with Crippen molar-refractivity contribution in [3.63, 3.8) is 0 Å². The van der Waals surface area contributed by atoms with Crippen LogP contribution in [0.2, 0.25) is 0 Å². The maximum absolute atomic E-state index is 13.7. The van der Waals surface area contributed by atoms with E-state index in [1.807, 2.05) is 6.92 Å².